The third-order valence-corrected chi connectivity index (χ3v) is 4.35. The molecular formula is C11H20O4S. The number of carbonyl (C=O) groups is 1. The standard InChI is InChI=1S/C11H20O4S/c1-5-16-11-7(3)6(2)8(12)9(15-11)10(13)14-4/h6-9,11-12H,5H2,1-4H3/t6-,7?,8-,9?,11-/m1/s1. The number of esters is 1. The molecule has 5 heteroatoms. The summed E-state index contributed by atoms with van der Waals surface area (Å²) < 4.78 is 10.2. The van der Waals surface area contributed by atoms with Gasteiger partial charge in [-0.3, -0.25) is 0 Å². The fourth-order valence-electron chi connectivity index (χ4n) is 1.85. The van der Waals surface area contributed by atoms with Gasteiger partial charge in [0.25, 0.3) is 0 Å². The van der Waals surface area contributed by atoms with Crippen molar-refractivity contribution in [3.63, 3.8) is 0 Å². The molecule has 16 heavy (non-hydrogen) atoms. The van der Waals surface area contributed by atoms with Gasteiger partial charge >= 0.3 is 5.97 Å². The molecule has 4 nitrogen and oxygen atoms in total. The van der Waals surface area contributed by atoms with Gasteiger partial charge in [0.1, 0.15) is 5.44 Å². The summed E-state index contributed by atoms with van der Waals surface area (Å²) in [7, 11) is 1.31. The molecule has 1 fully saturated rings. The first-order chi connectivity index (χ1) is 7.52. The smallest absolute Gasteiger partial charge is 0.337 e. The Morgan fingerprint density at radius 1 is 1.44 bits per heavy atom. The number of hydrogen-bond acceptors (Lipinski definition) is 5. The minimum Gasteiger partial charge on any atom is -0.467 e. The molecule has 1 aliphatic heterocycles. The van der Waals surface area contributed by atoms with Crippen molar-refractivity contribution in [3.05, 3.63) is 0 Å². The van der Waals surface area contributed by atoms with E-state index >= 15 is 0 Å². The normalized spacial score (nSPS) is 39.4. The highest BCUT2D eigenvalue weighted by molar-refractivity contribution is 7.99. The van der Waals surface area contributed by atoms with Gasteiger partial charge in [0.05, 0.1) is 13.2 Å². The van der Waals surface area contributed by atoms with Gasteiger partial charge in [-0.05, 0) is 17.6 Å². The lowest BCUT2D eigenvalue weighted by molar-refractivity contribution is -0.183. The van der Waals surface area contributed by atoms with Crippen molar-refractivity contribution in [3.8, 4) is 0 Å². The molecule has 0 aliphatic carbocycles. The van der Waals surface area contributed by atoms with Gasteiger partial charge in [-0.15, -0.1) is 11.8 Å². The Bertz CT molecular complexity index is 246. The minimum atomic E-state index is -0.847. The van der Waals surface area contributed by atoms with Gasteiger partial charge in [-0.1, -0.05) is 20.8 Å². The maximum absolute atomic E-state index is 11.5. The van der Waals surface area contributed by atoms with E-state index in [2.05, 4.69) is 4.74 Å². The Kier molecular flexibility index (Phi) is 5.08. The number of methoxy groups -OCH3 is 1. The summed E-state index contributed by atoms with van der Waals surface area (Å²) >= 11 is 1.66. The van der Waals surface area contributed by atoms with E-state index in [9.17, 15) is 9.90 Å². The number of thioether (sulfide) groups is 1. The van der Waals surface area contributed by atoms with E-state index in [0.29, 0.717) is 0 Å². The van der Waals surface area contributed by atoms with Crippen LogP contribution in [-0.2, 0) is 14.3 Å². The second-order valence-corrected chi connectivity index (χ2v) is 5.49. The van der Waals surface area contributed by atoms with Crippen molar-refractivity contribution in [1.29, 1.82) is 0 Å². The average Bonchev–Trinajstić information content (AvgIpc) is 2.29. The van der Waals surface area contributed by atoms with E-state index in [1.165, 1.54) is 7.11 Å². The zero-order valence-corrected chi connectivity index (χ0v) is 11.0. The first-order valence-electron chi connectivity index (χ1n) is 5.55. The molecule has 0 bridgehead atoms. The third kappa shape index (κ3) is 2.70. The zero-order valence-electron chi connectivity index (χ0n) is 10.2. The van der Waals surface area contributed by atoms with Gasteiger partial charge < -0.3 is 14.6 Å². The van der Waals surface area contributed by atoms with Crippen LogP contribution in [0.25, 0.3) is 0 Å². The minimum absolute atomic E-state index is 0.0295. The molecule has 1 saturated heterocycles. The van der Waals surface area contributed by atoms with Crippen LogP contribution in [0.2, 0.25) is 0 Å². The van der Waals surface area contributed by atoms with Crippen LogP contribution in [0.5, 0.6) is 0 Å². The lowest BCUT2D eigenvalue weighted by Crippen LogP contribution is -2.51. The molecule has 1 aliphatic rings. The molecule has 0 aromatic rings. The average molecular weight is 248 g/mol. The SMILES string of the molecule is CCS[C@H]1OC(C(=O)OC)[C@H](O)[C@H](C)C1C. The number of aliphatic hydroxyl groups is 1. The first kappa shape index (κ1) is 13.8. The molecular weight excluding hydrogens is 228 g/mol. The Hall–Kier alpha value is -0.260. The van der Waals surface area contributed by atoms with Gasteiger partial charge in [0.2, 0.25) is 0 Å². The molecule has 0 aromatic heterocycles. The summed E-state index contributed by atoms with van der Waals surface area (Å²) in [5.41, 5.74) is -0.0486. The largest absolute Gasteiger partial charge is 0.467 e. The van der Waals surface area contributed by atoms with E-state index in [-0.39, 0.29) is 17.3 Å². The second kappa shape index (κ2) is 5.89. The van der Waals surface area contributed by atoms with Crippen LogP contribution in [0.1, 0.15) is 20.8 Å². The summed E-state index contributed by atoms with van der Waals surface area (Å²) in [5.74, 6) is 0.682. The van der Waals surface area contributed by atoms with Gasteiger partial charge in [-0.2, -0.15) is 0 Å². The van der Waals surface area contributed by atoms with Gasteiger partial charge in [0, 0.05) is 0 Å². The van der Waals surface area contributed by atoms with Crippen LogP contribution in [0, 0.1) is 11.8 Å². The molecule has 0 saturated carbocycles. The Balaban J connectivity index is 2.76. The molecule has 2 unspecified atom stereocenters. The predicted molar refractivity (Wildman–Crippen MR) is 63.1 cm³/mol. The lowest BCUT2D eigenvalue weighted by atomic mass is 9.85. The number of hydrogen-bond donors (Lipinski definition) is 1. The van der Waals surface area contributed by atoms with Gasteiger partial charge in [-0.25, -0.2) is 4.79 Å². The van der Waals surface area contributed by atoms with Crippen LogP contribution >= 0.6 is 11.8 Å². The van der Waals surface area contributed by atoms with Crippen molar-refractivity contribution in [2.45, 2.75) is 38.4 Å². The molecule has 0 spiro atoms. The molecule has 1 N–H and O–H groups in total. The van der Waals surface area contributed by atoms with E-state index < -0.39 is 18.2 Å². The van der Waals surface area contributed by atoms with E-state index in [1.807, 2.05) is 20.8 Å². The third-order valence-electron chi connectivity index (χ3n) is 3.15. The summed E-state index contributed by atoms with van der Waals surface area (Å²) in [5, 5.41) is 9.96. The summed E-state index contributed by atoms with van der Waals surface area (Å²) in [6.07, 6.45) is -1.63. The van der Waals surface area contributed by atoms with E-state index in [0.717, 1.165) is 5.75 Å². The molecule has 1 heterocycles. The van der Waals surface area contributed by atoms with Crippen LogP contribution in [0.15, 0.2) is 0 Å². The van der Waals surface area contributed by atoms with Crippen molar-refractivity contribution >= 4 is 17.7 Å². The molecule has 94 valence electrons. The van der Waals surface area contributed by atoms with Crippen molar-refractivity contribution in [1.82, 2.24) is 0 Å². The second-order valence-electron chi connectivity index (χ2n) is 4.11. The summed E-state index contributed by atoms with van der Waals surface area (Å²) in [4.78, 5) is 11.5. The Morgan fingerprint density at radius 2 is 2.06 bits per heavy atom. The monoisotopic (exact) mass is 248 g/mol. The number of rotatable bonds is 3. The fourth-order valence-corrected chi connectivity index (χ4v) is 2.93. The zero-order chi connectivity index (χ0) is 12.3. The Labute approximate surface area is 101 Å². The first-order valence-corrected chi connectivity index (χ1v) is 6.60. The maximum atomic E-state index is 11.5. The highest BCUT2D eigenvalue weighted by Crippen LogP contribution is 2.36. The molecule has 1 rings (SSSR count). The summed E-state index contributed by atoms with van der Waals surface area (Å²) in [6, 6.07) is 0. The molecule has 0 amide bonds. The van der Waals surface area contributed by atoms with Crippen LogP contribution in [0.3, 0.4) is 0 Å². The number of aliphatic hydroxyl groups excluding tert-OH is 1. The van der Waals surface area contributed by atoms with Gasteiger partial charge in [0.15, 0.2) is 6.10 Å². The summed E-state index contributed by atoms with van der Waals surface area (Å²) in [6.45, 7) is 6.02. The van der Waals surface area contributed by atoms with Crippen molar-refractivity contribution < 1.29 is 19.4 Å². The highest BCUT2D eigenvalue weighted by Gasteiger charge is 2.44. The predicted octanol–water partition coefficient (Wildman–Crippen LogP) is 1.27. The number of carbonyl (C=O) groups excluding carboxylic acids is 1. The van der Waals surface area contributed by atoms with Crippen molar-refractivity contribution in [2.75, 3.05) is 12.9 Å². The number of ether oxygens (including phenoxy) is 2. The van der Waals surface area contributed by atoms with Crippen LogP contribution in [0.4, 0.5) is 0 Å². The maximum Gasteiger partial charge on any atom is 0.337 e. The van der Waals surface area contributed by atoms with E-state index in [1.54, 1.807) is 11.8 Å². The van der Waals surface area contributed by atoms with Crippen molar-refractivity contribution in [2.24, 2.45) is 11.8 Å². The Morgan fingerprint density at radius 3 is 2.56 bits per heavy atom. The molecule has 5 atom stereocenters. The fraction of sp³-hybridized carbons (Fsp3) is 0.909. The van der Waals surface area contributed by atoms with Crippen LogP contribution in [-0.4, -0.2) is 41.6 Å². The molecule has 0 aromatic carbocycles. The van der Waals surface area contributed by atoms with Crippen LogP contribution < -0.4 is 0 Å². The lowest BCUT2D eigenvalue weighted by Gasteiger charge is -2.40. The topological polar surface area (TPSA) is 55.8 Å². The highest BCUT2D eigenvalue weighted by atomic mass is 32.2. The van der Waals surface area contributed by atoms with E-state index in [4.69, 9.17) is 4.74 Å². The molecule has 0 radical (unpaired) electrons. The quantitative estimate of drug-likeness (QED) is 0.762.